The predicted octanol–water partition coefficient (Wildman–Crippen LogP) is 1.85. The van der Waals surface area contributed by atoms with Crippen LogP contribution in [0.15, 0.2) is 4.79 Å². The van der Waals surface area contributed by atoms with Gasteiger partial charge in [0.1, 0.15) is 10.7 Å². The Morgan fingerprint density at radius 1 is 1.45 bits per heavy atom. The first kappa shape index (κ1) is 15.2. The zero-order valence-electron chi connectivity index (χ0n) is 12.1. The number of nitrogens with one attached hydrogen (secondary N) is 2. The van der Waals surface area contributed by atoms with Gasteiger partial charge in [-0.3, -0.25) is 4.79 Å². The Hall–Kier alpha value is -1.24. The minimum atomic E-state index is -0.261. The van der Waals surface area contributed by atoms with E-state index in [1.165, 1.54) is 0 Å². The van der Waals surface area contributed by atoms with Gasteiger partial charge in [0.2, 0.25) is 0 Å². The summed E-state index contributed by atoms with van der Waals surface area (Å²) in [6.07, 6.45) is 1.42. The highest BCUT2D eigenvalue weighted by Gasteiger charge is 2.11. The molecule has 20 heavy (non-hydrogen) atoms. The average molecular weight is 295 g/mol. The molecule has 0 aliphatic rings. The normalized spacial score (nSPS) is 13.0. The summed E-state index contributed by atoms with van der Waals surface area (Å²) in [5.74, 6) is 0.667. The van der Waals surface area contributed by atoms with Gasteiger partial charge >= 0.3 is 0 Å². The van der Waals surface area contributed by atoms with Gasteiger partial charge in [-0.15, -0.1) is 11.3 Å². The van der Waals surface area contributed by atoms with Gasteiger partial charge in [0.15, 0.2) is 0 Å². The van der Waals surface area contributed by atoms with Gasteiger partial charge < -0.3 is 15.4 Å². The molecule has 2 rings (SSSR count). The maximum atomic E-state index is 12.1. The molecule has 1 unspecified atom stereocenters. The highest BCUT2D eigenvalue weighted by Crippen LogP contribution is 2.25. The molecule has 0 aliphatic carbocycles. The summed E-state index contributed by atoms with van der Waals surface area (Å²) in [5.41, 5.74) is 0.966. The first-order chi connectivity index (χ1) is 9.49. The van der Waals surface area contributed by atoms with E-state index < -0.39 is 0 Å². The number of aromatic amines is 1. The fraction of sp³-hybridized carbons (Fsp3) is 0.571. The minimum Gasteiger partial charge on any atom is -0.393 e. The number of aromatic nitrogens is 2. The Morgan fingerprint density at radius 2 is 2.20 bits per heavy atom. The number of thiophene rings is 1. The van der Waals surface area contributed by atoms with Crippen LogP contribution in [0.2, 0.25) is 0 Å². The van der Waals surface area contributed by atoms with Crippen LogP contribution in [0.25, 0.3) is 10.2 Å². The van der Waals surface area contributed by atoms with Crippen molar-refractivity contribution >= 4 is 21.6 Å². The molecule has 0 fully saturated rings. The molecule has 0 radical (unpaired) electrons. The van der Waals surface area contributed by atoms with E-state index in [0.29, 0.717) is 17.8 Å². The maximum absolute atomic E-state index is 12.1. The van der Waals surface area contributed by atoms with Crippen LogP contribution >= 0.6 is 11.3 Å². The predicted molar refractivity (Wildman–Crippen MR) is 82.3 cm³/mol. The maximum Gasteiger partial charge on any atom is 0.259 e. The second-order valence-corrected chi connectivity index (χ2v) is 6.35. The number of aryl methyl sites for hydroxylation is 2. The highest BCUT2D eigenvalue weighted by atomic mass is 32.1. The van der Waals surface area contributed by atoms with Gasteiger partial charge in [0.05, 0.1) is 18.0 Å². The van der Waals surface area contributed by atoms with Crippen molar-refractivity contribution in [3.8, 4) is 0 Å². The van der Waals surface area contributed by atoms with E-state index in [1.54, 1.807) is 18.3 Å². The van der Waals surface area contributed by atoms with E-state index in [2.05, 4.69) is 15.3 Å². The lowest BCUT2D eigenvalue weighted by molar-refractivity contribution is 0.181. The van der Waals surface area contributed by atoms with Gasteiger partial charge in [-0.2, -0.15) is 0 Å². The molecular weight excluding hydrogens is 274 g/mol. The molecule has 0 aromatic carbocycles. The van der Waals surface area contributed by atoms with Crippen LogP contribution in [0.4, 0.5) is 0 Å². The summed E-state index contributed by atoms with van der Waals surface area (Å²) in [7, 11) is 0. The third-order valence-electron chi connectivity index (χ3n) is 3.36. The highest BCUT2D eigenvalue weighted by molar-refractivity contribution is 7.18. The topological polar surface area (TPSA) is 78.0 Å². The zero-order chi connectivity index (χ0) is 14.7. The Morgan fingerprint density at radius 3 is 2.90 bits per heavy atom. The van der Waals surface area contributed by atoms with Crippen molar-refractivity contribution in [2.45, 2.75) is 46.3 Å². The molecule has 2 aromatic heterocycles. The van der Waals surface area contributed by atoms with Crippen molar-refractivity contribution < 1.29 is 5.11 Å². The van der Waals surface area contributed by atoms with E-state index >= 15 is 0 Å². The third kappa shape index (κ3) is 3.45. The largest absolute Gasteiger partial charge is 0.393 e. The molecule has 110 valence electrons. The van der Waals surface area contributed by atoms with Crippen molar-refractivity contribution in [3.63, 3.8) is 0 Å². The summed E-state index contributed by atoms with van der Waals surface area (Å²) in [6, 6.07) is 0. The monoisotopic (exact) mass is 295 g/mol. The van der Waals surface area contributed by atoms with Gasteiger partial charge in [-0.25, -0.2) is 4.98 Å². The van der Waals surface area contributed by atoms with Crippen LogP contribution < -0.4 is 10.9 Å². The van der Waals surface area contributed by atoms with Crippen molar-refractivity contribution in [1.29, 1.82) is 0 Å². The third-order valence-corrected chi connectivity index (χ3v) is 4.46. The molecule has 2 heterocycles. The molecule has 0 aliphatic heterocycles. The Bertz CT molecular complexity index is 646. The number of aliphatic hydroxyl groups is 1. The van der Waals surface area contributed by atoms with E-state index in [9.17, 15) is 4.79 Å². The zero-order valence-corrected chi connectivity index (χ0v) is 12.9. The lowest BCUT2D eigenvalue weighted by Gasteiger charge is -2.06. The summed E-state index contributed by atoms with van der Waals surface area (Å²) in [6.45, 7) is 7.10. The first-order valence-corrected chi connectivity index (χ1v) is 7.68. The molecule has 0 spiro atoms. The van der Waals surface area contributed by atoms with Crippen molar-refractivity contribution in [2.75, 3.05) is 6.54 Å². The molecule has 5 nitrogen and oxygen atoms in total. The van der Waals surface area contributed by atoms with E-state index in [-0.39, 0.29) is 11.7 Å². The smallest absolute Gasteiger partial charge is 0.259 e. The van der Waals surface area contributed by atoms with Crippen LogP contribution in [0.5, 0.6) is 0 Å². The van der Waals surface area contributed by atoms with Crippen LogP contribution in [-0.4, -0.2) is 27.7 Å². The van der Waals surface area contributed by atoms with Gasteiger partial charge in [-0.05, 0) is 45.7 Å². The van der Waals surface area contributed by atoms with Gasteiger partial charge in [-0.1, -0.05) is 0 Å². The van der Waals surface area contributed by atoms with Crippen LogP contribution in [0, 0.1) is 13.8 Å². The van der Waals surface area contributed by atoms with Crippen LogP contribution in [-0.2, 0) is 6.54 Å². The Kier molecular flexibility index (Phi) is 4.91. The lowest BCUT2D eigenvalue weighted by Crippen LogP contribution is -2.20. The fourth-order valence-electron chi connectivity index (χ4n) is 2.11. The molecule has 6 heteroatoms. The van der Waals surface area contributed by atoms with Gasteiger partial charge in [0.25, 0.3) is 5.56 Å². The quantitative estimate of drug-likeness (QED) is 0.711. The molecule has 3 N–H and O–H groups in total. The number of nitrogens with zero attached hydrogens (tertiary/aromatic N) is 1. The number of hydrogen-bond acceptors (Lipinski definition) is 5. The van der Waals surface area contributed by atoms with Crippen molar-refractivity contribution in [1.82, 2.24) is 15.3 Å². The number of hydrogen-bond donors (Lipinski definition) is 3. The molecular formula is C14H21N3O2S. The first-order valence-electron chi connectivity index (χ1n) is 6.86. The molecule has 1 atom stereocenters. The molecule has 0 saturated carbocycles. The van der Waals surface area contributed by atoms with E-state index in [4.69, 9.17) is 5.11 Å². The number of aliphatic hydroxyl groups excluding tert-OH is 1. The standard InChI is InChI=1S/C14H21N3O2S/c1-8(18)5-4-6-15-7-11-16-13(19)12-9(2)10(3)20-14(12)17-11/h8,15,18H,4-7H2,1-3H3,(H,16,17,19). The number of fused-ring (bicyclic) bond motifs is 1. The molecule has 2 aromatic rings. The fourth-order valence-corrected chi connectivity index (χ4v) is 3.16. The van der Waals surface area contributed by atoms with E-state index in [1.807, 2.05) is 13.8 Å². The second-order valence-electron chi connectivity index (χ2n) is 5.14. The van der Waals surface area contributed by atoms with Crippen LogP contribution in [0.1, 0.15) is 36.0 Å². The minimum absolute atomic E-state index is 0.0577. The molecule has 0 bridgehead atoms. The summed E-state index contributed by atoms with van der Waals surface area (Å²) in [4.78, 5) is 21.3. The van der Waals surface area contributed by atoms with Gasteiger partial charge in [0, 0.05) is 4.88 Å². The summed E-state index contributed by atoms with van der Waals surface area (Å²) < 4.78 is 0. The number of H-pyrrole nitrogens is 1. The van der Waals surface area contributed by atoms with Crippen molar-refractivity contribution in [3.05, 3.63) is 26.6 Å². The molecule has 0 amide bonds. The van der Waals surface area contributed by atoms with E-state index in [0.717, 1.165) is 34.7 Å². The SMILES string of the molecule is Cc1sc2nc(CNCCCC(C)O)[nH]c(=O)c2c1C. The average Bonchev–Trinajstić information content (AvgIpc) is 2.64. The van der Waals surface area contributed by atoms with Crippen molar-refractivity contribution in [2.24, 2.45) is 0 Å². The molecule has 0 saturated heterocycles. The summed E-state index contributed by atoms with van der Waals surface area (Å²) >= 11 is 1.56. The summed E-state index contributed by atoms with van der Waals surface area (Å²) in [5, 5.41) is 13.1. The van der Waals surface area contributed by atoms with Crippen LogP contribution in [0.3, 0.4) is 0 Å². The lowest BCUT2D eigenvalue weighted by atomic mass is 10.2. The second kappa shape index (κ2) is 6.47. The number of rotatable bonds is 6. The Labute approximate surface area is 122 Å². The Balaban J connectivity index is 2.03.